The van der Waals surface area contributed by atoms with Crippen LogP contribution in [0, 0.1) is 0 Å². The molecule has 0 aliphatic heterocycles. The number of fused-ring (bicyclic) bond motifs is 2. The van der Waals surface area contributed by atoms with Crippen molar-refractivity contribution in [2.45, 2.75) is 6.54 Å². The molecule has 8 nitrogen and oxygen atoms in total. The fraction of sp³-hybridized carbons (Fsp3) is 0.130. The van der Waals surface area contributed by atoms with E-state index < -0.39 is 0 Å². The summed E-state index contributed by atoms with van der Waals surface area (Å²) < 4.78 is 14.2. The largest absolute Gasteiger partial charge is 0.496 e. The number of nitrogens with zero attached hydrogens (tertiary/aromatic N) is 5. The molecule has 3 heterocycles. The number of hydrogen-bond acceptors (Lipinski definition) is 6. The molecule has 154 valence electrons. The molecule has 0 aliphatic carbocycles. The summed E-state index contributed by atoms with van der Waals surface area (Å²) in [7, 11) is 3.22. The van der Waals surface area contributed by atoms with Crippen LogP contribution < -0.4 is 15.0 Å². The maximum atomic E-state index is 13.7. The minimum atomic E-state index is -0.186. The van der Waals surface area contributed by atoms with E-state index in [0.29, 0.717) is 34.7 Å². The summed E-state index contributed by atoms with van der Waals surface area (Å²) in [5.74, 6) is 1.77. The van der Waals surface area contributed by atoms with Gasteiger partial charge in [0.15, 0.2) is 0 Å². The maximum absolute atomic E-state index is 13.7. The van der Waals surface area contributed by atoms with Crippen molar-refractivity contribution in [1.29, 1.82) is 0 Å². The molecule has 0 spiro atoms. The second-order valence-corrected chi connectivity index (χ2v) is 6.95. The molecule has 0 radical (unpaired) electrons. The quantitative estimate of drug-likeness (QED) is 0.440. The summed E-state index contributed by atoms with van der Waals surface area (Å²) in [6.07, 6.45) is 3.16. The van der Waals surface area contributed by atoms with E-state index in [1.165, 1.54) is 6.33 Å². The zero-order valence-corrected chi connectivity index (χ0v) is 17.0. The maximum Gasteiger partial charge on any atom is 0.262 e. The molecule has 0 saturated heterocycles. The van der Waals surface area contributed by atoms with Gasteiger partial charge in [-0.25, -0.2) is 4.98 Å². The van der Waals surface area contributed by atoms with Crippen LogP contribution in [0.4, 0.5) is 0 Å². The number of aromatic nitrogens is 5. The smallest absolute Gasteiger partial charge is 0.262 e. The van der Waals surface area contributed by atoms with Crippen LogP contribution in [0.25, 0.3) is 27.9 Å². The number of hydrogen-bond donors (Lipinski definition) is 0. The van der Waals surface area contributed by atoms with Crippen molar-refractivity contribution in [3.8, 4) is 22.8 Å². The summed E-state index contributed by atoms with van der Waals surface area (Å²) >= 11 is 0. The molecule has 0 saturated carbocycles. The van der Waals surface area contributed by atoms with E-state index in [1.807, 2.05) is 54.6 Å². The van der Waals surface area contributed by atoms with Crippen molar-refractivity contribution in [2.75, 3.05) is 14.2 Å². The predicted octanol–water partition coefficient (Wildman–Crippen LogP) is 3.17. The van der Waals surface area contributed by atoms with Crippen LogP contribution >= 0.6 is 0 Å². The monoisotopic (exact) mass is 413 g/mol. The lowest BCUT2D eigenvalue weighted by molar-refractivity contribution is 0.408. The Kier molecular flexibility index (Phi) is 4.59. The second kappa shape index (κ2) is 7.56. The molecule has 31 heavy (non-hydrogen) atoms. The Morgan fingerprint density at radius 3 is 2.48 bits per heavy atom. The highest BCUT2D eigenvalue weighted by molar-refractivity contribution is 5.94. The molecule has 0 N–H and O–H groups in total. The SMILES string of the molecule is COc1ccccc1Cn1ccc2nc3ncnn3c(-c3ccccc3OC)c2c1=O. The van der Waals surface area contributed by atoms with Crippen molar-refractivity contribution in [3.63, 3.8) is 0 Å². The molecule has 5 rings (SSSR count). The Morgan fingerprint density at radius 2 is 1.68 bits per heavy atom. The molecule has 2 aromatic carbocycles. The lowest BCUT2D eigenvalue weighted by atomic mass is 10.1. The van der Waals surface area contributed by atoms with Crippen molar-refractivity contribution in [3.05, 3.63) is 83.0 Å². The van der Waals surface area contributed by atoms with Gasteiger partial charge in [-0.2, -0.15) is 14.6 Å². The highest BCUT2D eigenvalue weighted by Gasteiger charge is 2.20. The first kappa shape index (κ1) is 18.8. The van der Waals surface area contributed by atoms with Gasteiger partial charge < -0.3 is 14.0 Å². The Hall–Kier alpha value is -4.20. The van der Waals surface area contributed by atoms with Crippen molar-refractivity contribution < 1.29 is 9.47 Å². The third-order valence-electron chi connectivity index (χ3n) is 5.24. The van der Waals surface area contributed by atoms with E-state index in [4.69, 9.17) is 9.47 Å². The topological polar surface area (TPSA) is 83.5 Å². The molecule has 0 fully saturated rings. The summed E-state index contributed by atoms with van der Waals surface area (Å²) in [6, 6.07) is 17.0. The number of para-hydroxylation sites is 2. The number of rotatable bonds is 5. The number of pyridine rings is 1. The van der Waals surface area contributed by atoms with Gasteiger partial charge in [-0.05, 0) is 24.3 Å². The van der Waals surface area contributed by atoms with Crippen molar-refractivity contribution in [2.24, 2.45) is 0 Å². The minimum Gasteiger partial charge on any atom is -0.496 e. The average Bonchev–Trinajstić information content (AvgIpc) is 3.28. The van der Waals surface area contributed by atoms with E-state index in [1.54, 1.807) is 29.5 Å². The molecule has 0 amide bonds. The zero-order valence-electron chi connectivity index (χ0n) is 17.0. The second-order valence-electron chi connectivity index (χ2n) is 6.95. The molecule has 5 aromatic rings. The molecule has 0 unspecified atom stereocenters. The Bertz CT molecular complexity index is 1470. The van der Waals surface area contributed by atoms with Gasteiger partial charge in [-0.3, -0.25) is 4.79 Å². The normalized spacial score (nSPS) is 11.2. The van der Waals surface area contributed by atoms with Gasteiger partial charge in [0.2, 0.25) is 0 Å². The summed E-state index contributed by atoms with van der Waals surface area (Å²) in [5, 5.41) is 4.77. The van der Waals surface area contributed by atoms with E-state index in [-0.39, 0.29) is 5.56 Å². The van der Waals surface area contributed by atoms with Crippen molar-refractivity contribution >= 4 is 16.7 Å². The summed E-state index contributed by atoms with van der Waals surface area (Å²) in [5.41, 5.74) is 2.59. The molecular weight excluding hydrogens is 394 g/mol. The van der Waals surface area contributed by atoms with E-state index in [2.05, 4.69) is 15.1 Å². The molecular formula is C23H19N5O3. The number of ether oxygens (including phenoxy) is 2. The van der Waals surface area contributed by atoms with Crippen LogP contribution in [0.2, 0.25) is 0 Å². The molecule has 0 atom stereocenters. The molecule has 3 aromatic heterocycles. The third-order valence-corrected chi connectivity index (χ3v) is 5.24. The lowest BCUT2D eigenvalue weighted by Crippen LogP contribution is -2.22. The Morgan fingerprint density at radius 1 is 0.935 bits per heavy atom. The van der Waals surface area contributed by atoms with Crippen LogP contribution in [-0.2, 0) is 6.54 Å². The lowest BCUT2D eigenvalue weighted by Gasteiger charge is -2.14. The van der Waals surface area contributed by atoms with Crippen LogP contribution in [0.3, 0.4) is 0 Å². The Labute approximate surface area is 177 Å². The number of methoxy groups -OCH3 is 2. The van der Waals surface area contributed by atoms with E-state index >= 15 is 0 Å². The first-order valence-corrected chi connectivity index (χ1v) is 9.69. The first-order valence-electron chi connectivity index (χ1n) is 9.69. The van der Waals surface area contributed by atoms with Crippen LogP contribution in [0.1, 0.15) is 5.56 Å². The van der Waals surface area contributed by atoms with Gasteiger partial charge in [0.1, 0.15) is 17.8 Å². The van der Waals surface area contributed by atoms with E-state index in [0.717, 1.165) is 16.9 Å². The zero-order chi connectivity index (χ0) is 21.4. The fourth-order valence-electron chi connectivity index (χ4n) is 3.79. The van der Waals surface area contributed by atoms with Crippen LogP contribution in [-0.4, -0.2) is 38.4 Å². The van der Waals surface area contributed by atoms with Gasteiger partial charge in [0, 0.05) is 17.3 Å². The average molecular weight is 413 g/mol. The number of benzene rings is 2. The highest BCUT2D eigenvalue weighted by atomic mass is 16.5. The van der Waals surface area contributed by atoms with Gasteiger partial charge in [-0.1, -0.05) is 30.3 Å². The fourth-order valence-corrected chi connectivity index (χ4v) is 3.79. The van der Waals surface area contributed by atoms with Gasteiger partial charge in [0.05, 0.1) is 37.4 Å². The molecule has 0 aliphatic rings. The van der Waals surface area contributed by atoms with Gasteiger partial charge in [-0.15, -0.1) is 0 Å². The van der Waals surface area contributed by atoms with Crippen LogP contribution in [0.5, 0.6) is 11.5 Å². The highest BCUT2D eigenvalue weighted by Crippen LogP contribution is 2.33. The van der Waals surface area contributed by atoms with Gasteiger partial charge in [0.25, 0.3) is 11.3 Å². The molecule has 0 bridgehead atoms. The first-order chi connectivity index (χ1) is 15.2. The van der Waals surface area contributed by atoms with Crippen molar-refractivity contribution in [1.82, 2.24) is 24.1 Å². The Balaban J connectivity index is 1.81. The summed E-state index contributed by atoms with van der Waals surface area (Å²) in [6.45, 7) is 0.361. The molecule has 8 heteroatoms. The minimum absolute atomic E-state index is 0.186. The van der Waals surface area contributed by atoms with Crippen LogP contribution in [0.15, 0.2) is 71.9 Å². The summed E-state index contributed by atoms with van der Waals surface area (Å²) in [4.78, 5) is 22.4. The van der Waals surface area contributed by atoms with E-state index in [9.17, 15) is 4.79 Å². The standard InChI is InChI=1S/C23H19N5O3/c1-30-18-9-5-3-7-15(18)13-27-12-11-17-20(22(27)29)21(28-23(26-17)24-14-25-28)16-8-4-6-10-19(16)31-2/h3-12,14H,13H2,1-2H3. The third kappa shape index (κ3) is 3.09. The predicted molar refractivity (Wildman–Crippen MR) is 117 cm³/mol. The van der Waals surface area contributed by atoms with Gasteiger partial charge >= 0.3 is 0 Å².